The SMILES string of the molecule is CCc1ccc(NC(=O)N2CCCC(COC)C2)cc1[N+](=O)[O-]. The van der Waals surface area contributed by atoms with E-state index in [1.54, 1.807) is 24.1 Å². The van der Waals surface area contributed by atoms with Crippen molar-refractivity contribution < 1.29 is 14.5 Å². The summed E-state index contributed by atoms with van der Waals surface area (Å²) in [5.74, 6) is 0.344. The lowest BCUT2D eigenvalue weighted by atomic mass is 9.99. The van der Waals surface area contributed by atoms with Crippen molar-refractivity contribution in [1.82, 2.24) is 4.90 Å². The smallest absolute Gasteiger partial charge is 0.321 e. The number of nitro benzene ring substituents is 1. The van der Waals surface area contributed by atoms with Crippen molar-refractivity contribution in [1.29, 1.82) is 0 Å². The minimum absolute atomic E-state index is 0.0428. The molecule has 0 bridgehead atoms. The van der Waals surface area contributed by atoms with Crippen LogP contribution in [0.4, 0.5) is 16.2 Å². The Bertz CT molecular complexity index is 574. The van der Waals surface area contributed by atoms with E-state index in [1.165, 1.54) is 6.07 Å². The van der Waals surface area contributed by atoms with Gasteiger partial charge in [0.2, 0.25) is 0 Å². The first-order valence-electron chi connectivity index (χ1n) is 7.87. The van der Waals surface area contributed by atoms with E-state index >= 15 is 0 Å². The number of carbonyl (C=O) groups is 1. The van der Waals surface area contributed by atoms with Crippen LogP contribution in [0.3, 0.4) is 0 Å². The third-order valence-corrected chi connectivity index (χ3v) is 4.12. The molecular weight excluding hydrogens is 298 g/mol. The van der Waals surface area contributed by atoms with E-state index in [2.05, 4.69) is 5.32 Å². The number of nitrogens with zero attached hydrogens (tertiary/aromatic N) is 2. The normalized spacial score (nSPS) is 17.8. The summed E-state index contributed by atoms with van der Waals surface area (Å²) in [6, 6.07) is 4.61. The summed E-state index contributed by atoms with van der Waals surface area (Å²) in [5, 5.41) is 13.9. The first-order chi connectivity index (χ1) is 11.0. The monoisotopic (exact) mass is 321 g/mol. The number of hydrogen-bond donors (Lipinski definition) is 1. The summed E-state index contributed by atoms with van der Waals surface area (Å²) < 4.78 is 5.16. The second kappa shape index (κ2) is 7.92. The standard InChI is InChI=1S/C16H23N3O4/c1-3-13-6-7-14(9-15(13)19(21)22)17-16(20)18-8-4-5-12(10-18)11-23-2/h6-7,9,12H,3-5,8,10-11H2,1-2H3,(H,17,20). The van der Waals surface area contributed by atoms with Crippen LogP contribution in [0.15, 0.2) is 18.2 Å². The van der Waals surface area contributed by atoms with Crippen LogP contribution in [0.2, 0.25) is 0 Å². The van der Waals surface area contributed by atoms with Crippen LogP contribution in [0, 0.1) is 16.0 Å². The maximum absolute atomic E-state index is 12.4. The van der Waals surface area contributed by atoms with Crippen molar-refractivity contribution in [3.63, 3.8) is 0 Å². The summed E-state index contributed by atoms with van der Waals surface area (Å²) in [6.07, 6.45) is 2.57. The number of urea groups is 1. The van der Waals surface area contributed by atoms with Gasteiger partial charge in [0.05, 0.1) is 11.5 Å². The number of piperidine rings is 1. The van der Waals surface area contributed by atoms with E-state index in [0.717, 1.165) is 12.8 Å². The van der Waals surface area contributed by atoms with Crippen molar-refractivity contribution in [3.8, 4) is 0 Å². The molecule has 0 spiro atoms. The summed E-state index contributed by atoms with van der Waals surface area (Å²) in [5.41, 5.74) is 1.15. The molecule has 1 atom stereocenters. The van der Waals surface area contributed by atoms with E-state index in [1.807, 2.05) is 6.92 Å². The maximum Gasteiger partial charge on any atom is 0.321 e. The second-order valence-corrected chi connectivity index (χ2v) is 5.79. The van der Waals surface area contributed by atoms with Crippen LogP contribution >= 0.6 is 0 Å². The highest BCUT2D eigenvalue weighted by Gasteiger charge is 2.24. The molecule has 0 aliphatic carbocycles. The highest BCUT2D eigenvalue weighted by atomic mass is 16.6. The maximum atomic E-state index is 12.4. The van der Waals surface area contributed by atoms with Gasteiger partial charge in [0, 0.05) is 43.4 Å². The zero-order valence-electron chi connectivity index (χ0n) is 13.6. The number of anilines is 1. The van der Waals surface area contributed by atoms with Crippen molar-refractivity contribution >= 4 is 17.4 Å². The Labute approximate surface area is 135 Å². The van der Waals surface area contributed by atoms with Crippen LogP contribution in [0.25, 0.3) is 0 Å². The van der Waals surface area contributed by atoms with Crippen molar-refractivity contribution in [3.05, 3.63) is 33.9 Å². The van der Waals surface area contributed by atoms with E-state index < -0.39 is 4.92 Å². The molecule has 0 radical (unpaired) electrons. The Balaban J connectivity index is 2.05. The van der Waals surface area contributed by atoms with Gasteiger partial charge < -0.3 is 15.0 Å². The highest BCUT2D eigenvalue weighted by molar-refractivity contribution is 5.89. The zero-order valence-corrected chi connectivity index (χ0v) is 13.6. The lowest BCUT2D eigenvalue weighted by Crippen LogP contribution is -2.43. The third kappa shape index (κ3) is 4.41. The molecule has 0 aromatic heterocycles. The predicted molar refractivity (Wildman–Crippen MR) is 87.7 cm³/mol. The van der Waals surface area contributed by atoms with Gasteiger partial charge in [-0.3, -0.25) is 10.1 Å². The fourth-order valence-electron chi connectivity index (χ4n) is 2.93. The molecule has 1 heterocycles. The Morgan fingerprint density at radius 1 is 1.52 bits per heavy atom. The molecule has 1 aromatic rings. The molecule has 2 rings (SSSR count). The van der Waals surface area contributed by atoms with Gasteiger partial charge in [-0.1, -0.05) is 13.0 Å². The zero-order chi connectivity index (χ0) is 16.8. The second-order valence-electron chi connectivity index (χ2n) is 5.79. The van der Waals surface area contributed by atoms with Crippen LogP contribution in [0.1, 0.15) is 25.3 Å². The van der Waals surface area contributed by atoms with E-state index in [9.17, 15) is 14.9 Å². The largest absolute Gasteiger partial charge is 0.384 e. The van der Waals surface area contributed by atoms with E-state index in [0.29, 0.717) is 43.3 Å². The quantitative estimate of drug-likeness (QED) is 0.667. The third-order valence-electron chi connectivity index (χ3n) is 4.12. The lowest BCUT2D eigenvalue weighted by molar-refractivity contribution is -0.385. The van der Waals surface area contributed by atoms with Gasteiger partial charge in [0.25, 0.3) is 5.69 Å². The minimum Gasteiger partial charge on any atom is -0.384 e. The predicted octanol–water partition coefficient (Wildman–Crippen LogP) is 3.05. The van der Waals surface area contributed by atoms with E-state index in [4.69, 9.17) is 4.74 Å². The molecule has 126 valence electrons. The van der Waals surface area contributed by atoms with Crippen LogP contribution in [-0.4, -0.2) is 42.7 Å². The fraction of sp³-hybridized carbons (Fsp3) is 0.562. The molecule has 7 heteroatoms. The molecular formula is C16H23N3O4. The highest BCUT2D eigenvalue weighted by Crippen LogP contribution is 2.24. The molecule has 1 saturated heterocycles. The molecule has 7 nitrogen and oxygen atoms in total. The number of nitro groups is 1. The van der Waals surface area contributed by atoms with Gasteiger partial charge in [-0.25, -0.2) is 4.79 Å². The molecule has 2 amide bonds. The average molecular weight is 321 g/mol. The van der Waals surface area contributed by atoms with Crippen LogP contribution in [0.5, 0.6) is 0 Å². The number of benzene rings is 1. The Hall–Kier alpha value is -2.15. The van der Waals surface area contributed by atoms with Crippen molar-refractivity contribution in [2.75, 3.05) is 32.1 Å². The number of methoxy groups -OCH3 is 1. The first-order valence-corrected chi connectivity index (χ1v) is 7.87. The average Bonchev–Trinajstić information content (AvgIpc) is 2.55. The van der Waals surface area contributed by atoms with E-state index in [-0.39, 0.29) is 11.7 Å². The lowest BCUT2D eigenvalue weighted by Gasteiger charge is -2.32. The number of amides is 2. The molecule has 1 unspecified atom stereocenters. The number of carbonyl (C=O) groups excluding carboxylic acids is 1. The van der Waals surface area contributed by atoms with Crippen LogP contribution in [-0.2, 0) is 11.2 Å². The van der Waals surface area contributed by atoms with Gasteiger partial charge in [-0.15, -0.1) is 0 Å². The van der Waals surface area contributed by atoms with Gasteiger partial charge in [-0.2, -0.15) is 0 Å². The summed E-state index contributed by atoms with van der Waals surface area (Å²) in [4.78, 5) is 24.8. The number of hydrogen-bond acceptors (Lipinski definition) is 4. The van der Waals surface area contributed by atoms with Gasteiger partial charge in [0.1, 0.15) is 0 Å². The Morgan fingerprint density at radius 2 is 2.30 bits per heavy atom. The Morgan fingerprint density at radius 3 is 2.96 bits per heavy atom. The topological polar surface area (TPSA) is 84.7 Å². The first kappa shape index (κ1) is 17.2. The number of likely N-dealkylation sites (tertiary alicyclic amines) is 1. The molecule has 1 aromatic carbocycles. The summed E-state index contributed by atoms with van der Waals surface area (Å²) >= 11 is 0. The van der Waals surface area contributed by atoms with Crippen LogP contribution < -0.4 is 5.32 Å². The Kier molecular flexibility index (Phi) is 5.92. The minimum atomic E-state index is -0.413. The molecule has 1 N–H and O–H groups in total. The molecule has 1 aliphatic heterocycles. The molecule has 1 fully saturated rings. The van der Waals surface area contributed by atoms with Gasteiger partial charge >= 0.3 is 6.03 Å². The van der Waals surface area contributed by atoms with Crippen molar-refractivity contribution in [2.24, 2.45) is 5.92 Å². The summed E-state index contributed by atoms with van der Waals surface area (Å²) in [6.45, 7) is 3.85. The number of rotatable bonds is 5. The number of ether oxygens (including phenoxy) is 1. The van der Waals surface area contributed by atoms with Gasteiger partial charge in [0.15, 0.2) is 0 Å². The molecule has 1 aliphatic rings. The number of aryl methyl sites for hydroxylation is 1. The number of nitrogens with one attached hydrogen (secondary N) is 1. The van der Waals surface area contributed by atoms with Crippen molar-refractivity contribution in [2.45, 2.75) is 26.2 Å². The molecule has 23 heavy (non-hydrogen) atoms. The summed E-state index contributed by atoms with van der Waals surface area (Å²) in [7, 11) is 1.66. The van der Waals surface area contributed by atoms with Gasteiger partial charge in [-0.05, 0) is 25.3 Å². The fourth-order valence-corrected chi connectivity index (χ4v) is 2.93. The molecule has 0 saturated carbocycles.